The maximum absolute atomic E-state index is 4.26. The normalized spacial score (nSPS) is 11.1. The van der Waals surface area contributed by atoms with Gasteiger partial charge in [-0.25, -0.2) is 9.67 Å². The first kappa shape index (κ1) is 12.7. The second kappa shape index (κ2) is 6.26. The highest BCUT2D eigenvalue weighted by molar-refractivity contribution is 5.09. The SMILES string of the molecule is CC(C)n1ncnc1CNCCc1ccncc1. The van der Waals surface area contributed by atoms with Crippen molar-refractivity contribution >= 4 is 0 Å². The Labute approximate surface area is 107 Å². The van der Waals surface area contributed by atoms with Gasteiger partial charge in [-0.1, -0.05) is 0 Å². The van der Waals surface area contributed by atoms with E-state index in [-0.39, 0.29) is 0 Å². The summed E-state index contributed by atoms with van der Waals surface area (Å²) in [5.41, 5.74) is 1.29. The molecule has 0 unspecified atom stereocenters. The van der Waals surface area contributed by atoms with Crippen LogP contribution >= 0.6 is 0 Å². The second-order valence-electron chi connectivity index (χ2n) is 4.50. The van der Waals surface area contributed by atoms with Gasteiger partial charge in [0.15, 0.2) is 0 Å². The molecular formula is C13H19N5. The molecule has 0 amide bonds. The van der Waals surface area contributed by atoms with Crippen molar-refractivity contribution in [2.24, 2.45) is 0 Å². The average Bonchev–Trinajstić information content (AvgIpc) is 2.84. The molecule has 2 aromatic rings. The zero-order chi connectivity index (χ0) is 12.8. The van der Waals surface area contributed by atoms with Crippen LogP contribution in [0.25, 0.3) is 0 Å². The van der Waals surface area contributed by atoms with E-state index in [4.69, 9.17) is 0 Å². The Morgan fingerprint density at radius 3 is 2.78 bits per heavy atom. The van der Waals surface area contributed by atoms with Gasteiger partial charge in [0.2, 0.25) is 0 Å². The summed E-state index contributed by atoms with van der Waals surface area (Å²) in [5, 5.41) is 7.60. The number of hydrogen-bond acceptors (Lipinski definition) is 4. The van der Waals surface area contributed by atoms with Crippen LogP contribution in [0.1, 0.15) is 31.3 Å². The summed E-state index contributed by atoms with van der Waals surface area (Å²) in [4.78, 5) is 8.26. The van der Waals surface area contributed by atoms with Gasteiger partial charge >= 0.3 is 0 Å². The largest absolute Gasteiger partial charge is 0.310 e. The molecule has 2 rings (SSSR count). The van der Waals surface area contributed by atoms with Gasteiger partial charge in [0.1, 0.15) is 12.2 Å². The Morgan fingerprint density at radius 2 is 2.06 bits per heavy atom. The molecule has 0 aliphatic heterocycles. The van der Waals surface area contributed by atoms with Crippen LogP contribution in [0.5, 0.6) is 0 Å². The molecule has 0 saturated heterocycles. The highest BCUT2D eigenvalue weighted by Gasteiger charge is 2.06. The van der Waals surface area contributed by atoms with Gasteiger partial charge in [-0.3, -0.25) is 4.98 Å². The van der Waals surface area contributed by atoms with E-state index in [1.165, 1.54) is 5.56 Å². The van der Waals surface area contributed by atoms with Crippen LogP contribution in [0.15, 0.2) is 30.9 Å². The van der Waals surface area contributed by atoms with Crippen molar-refractivity contribution in [3.05, 3.63) is 42.2 Å². The Bertz CT molecular complexity index is 463. The molecule has 5 nitrogen and oxygen atoms in total. The van der Waals surface area contributed by atoms with Gasteiger partial charge in [-0.05, 0) is 44.5 Å². The summed E-state index contributed by atoms with van der Waals surface area (Å²) in [6.45, 7) is 5.89. The zero-order valence-electron chi connectivity index (χ0n) is 10.9. The van der Waals surface area contributed by atoms with Crippen LogP contribution in [-0.2, 0) is 13.0 Å². The number of nitrogens with zero attached hydrogens (tertiary/aromatic N) is 4. The molecule has 0 aliphatic carbocycles. The summed E-state index contributed by atoms with van der Waals surface area (Å²) >= 11 is 0. The summed E-state index contributed by atoms with van der Waals surface area (Å²) in [6, 6.07) is 4.43. The summed E-state index contributed by atoms with van der Waals surface area (Å²) in [6.07, 6.45) is 6.26. The molecule has 0 fully saturated rings. The molecule has 96 valence electrons. The molecule has 0 saturated carbocycles. The Balaban J connectivity index is 1.77. The fraction of sp³-hybridized carbons (Fsp3) is 0.462. The quantitative estimate of drug-likeness (QED) is 0.785. The topological polar surface area (TPSA) is 55.6 Å². The Hall–Kier alpha value is -1.75. The van der Waals surface area contributed by atoms with Crippen LogP contribution in [0.3, 0.4) is 0 Å². The molecule has 5 heteroatoms. The summed E-state index contributed by atoms with van der Waals surface area (Å²) in [7, 11) is 0. The van der Waals surface area contributed by atoms with Crippen molar-refractivity contribution in [3.63, 3.8) is 0 Å². The molecule has 0 spiro atoms. The number of aromatic nitrogens is 4. The van der Waals surface area contributed by atoms with E-state index in [9.17, 15) is 0 Å². The predicted octanol–water partition coefficient (Wildman–Crippen LogP) is 1.59. The Kier molecular flexibility index (Phi) is 4.41. The maximum atomic E-state index is 4.26. The number of pyridine rings is 1. The summed E-state index contributed by atoms with van der Waals surface area (Å²) < 4.78 is 1.94. The highest BCUT2D eigenvalue weighted by Crippen LogP contribution is 2.04. The Morgan fingerprint density at radius 1 is 1.28 bits per heavy atom. The first-order valence-electron chi connectivity index (χ1n) is 6.25. The van der Waals surface area contributed by atoms with Crippen molar-refractivity contribution < 1.29 is 0 Å². The zero-order valence-corrected chi connectivity index (χ0v) is 10.9. The number of rotatable bonds is 6. The minimum Gasteiger partial charge on any atom is -0.310 e. The third-order valence-corrected chi connectivity index (χ3v) is 2.76. The van der Waals surface area contributed by atoms with E-state index >= 15 is 0 Å². The fourth-order valence-corrected chi connectivity index (χ4v) is 1.81. The molecule has 0 bridgehead atoms. The van der Waals surface area contributed by atoms with Crippen LogP contribution < -0.4 is 5.32 Å². The highest BCUT2D eigenvalue weighted by atomic mass is 15.3. The van der Waals surface area contributed by atoms with Gasteiger partial charge in [-0.2, -0.15) is 5.10 Å². The standard InChI is InChI=1S/C13H19N5/c1-11(2)18-13(16-10-17-18)9-15-8-5-12-3-6-14-7-4-12/h3-4,6-7,10-11,15H,5,8-9H2,1-2H3. The number of nitrogens with one attached hydrogen (secondary N) is 1. The van der Waals surface area contributed by atoms with E-state index in [2.05, 4.69) is 34.2 Å². The molecule has 0 atom stereocenters. The molecule has 2 heterocycles. The lowest BCUT2D eigenvalue weighted by atomic mass is 10.2. The van der Waals surface area contributed by atoms with Crippen LogP contribution in [0, 0.1) is 0 Å². The third-order valence-electron chi connectivity index (χ3n) is 2.76. The van der Waals surface area contributed by atoms with Crippen molar-refractivity contribution in [3.8, 4) is 0 Å². The maximum Gasteiger partial charge on any atom is 0.141 e. The van der Waals surface area contributed by atoms with Crippen LogP contribution in [0.4, 0.5) is 0 Å². The van der Waals surface area contributed by atoms with Crippen molar-refractivity contribution in [2.75, 3.05) is 6.54 Å². The molecule has 0 radical (unpaired) electrons. The molecular weight excluding hydrogens is 226 g/mol. The third kappa shape index (κ3) is 3.37. The lowest BCUT2D eigenvalue weighted by Crippen LogP contribution is -2.20. The van der Waals surface area contributed by atoms with E-state index < -0.39 is 0 Å². The second-order valence-corrected chi connectivity index (χ2v) is 4.50. The smallest absolute Gasteiger partial charge is 0.141 e. The van der Waals surface area contributed by atoms with Gasteiger partial charge in [0.05, 0.1) is 6.54 Å². The minimum absolute atomic E-state index is 0.351. The van der Waals surface area contributed by atoms with Crippen molar-refractivity contribution in [1.82, 2.24) is 25.1 Å². The molecule has 0 aromatic carbocycles. The first-order chi connectivity index (χ1) is 8.77. The predicted molar refractivity (Wildman–Crippen MR) is 70.1 cm³/mol. The van der Waals surface area contributed by atoms with Crippen LogP contribution in [0.2, 0.25) is 0 Å². The van der Waals surface area contributed by atoms with Gasteiger partial charge in [-0.15, -0.1) is 0 Å². The average molecular weight is 245 g/mol. The molecule has 18 heavy (non-hydrogen) atoms. The lowest BCUT2D eigenvalue weighted by Gasteiger charge is -2.10. The fourth-order valence-electron chi connectivity index (χ4n) is 1.81. The van der Waals surface area contributed by atoms with E-state index in [1.54, 1.807) is 6.33 Å². The van der Waals surface area contributed by atoms with Crippen LogP contribution in [-0.4, -0.2) is 26.3 Å². The van der Waals surface area contributed by atoms with Gasteiger partial charge < -0.3 is 5.32 Å². The van der Waals surface area contributed by atoms with Crippen molar-refractivity contribution in [1.29, 1.82) is 0 Å². The first-order valence-corrected chi connectivity index (χ1v) is 6.25. The van der Waals surface area contributed by atoms with Crippen molar-refractivity contribution in [2.45, 2.75) is 32.9 Å². The van der Waals surface area contributed by atoms with Gasteiger partial charge in [0, 0.05) is 18.4 Å². The molecule has 1 N–H and O–H groups in total. The van der Waals surface area contributed by atoms with E-state index in [0.29, 0.717) is 6.04 Å². The minimum atomic E-state index is 0.351. The molecule has 2 aromatic heterocycles. The molecule has 0 aliphatic rings. The number of hydrogen-bond donors (Lipinski definition) is 1. The lowest BCUT2D eigenvalue weighted by molar-refractivity contribution is 0.490. The summed E-state index contributed by atoms with van der Waals surface area (Å²) in [5.74, 6) is 0.986. The van der Waals surface area contributed by atoms with Gasteiger partial charge in [0.25, 0.3) is 0 Å². The monoisotopic (exact) mass is 245 g/mol. The van der Waals surface area contributed by atoms with E-state index in [1.807, 2.05) is 29.2 Å². The van der Waals surface area contributed by atoms with E-state index in [0.717, 1.165) is 25.3 Å².